The van der Waals surface area contributed by atoms with Gasteiger partial charge in [-0.3, -0.25) is 0 Å². The summed E-state index contributed by atoms with van der Waals surface area (Å²) >= 11 is 6.16. The van der Waals surface area contributed by atoms with E-state index in [1.165, 1.54) is 0 Å². The van der Waals surface area contributed by atoms with E-state index in [0.717, 1.165) is 47.8 Å². The maximum Gasteiger partial charge on any atom is 0.120 e. The average molecular weight is 270 g/mol. The first-order valence-electron chi connectivity index (χ1n) is 6.72. The maximum atomic E-state index is 6.16. The number of halogens is 1. The number of ether oxygens (including phenoxy) is 1. The van der Waals surface area contributed by atoms with Gasteiger partial charge in [-0.15, -0.1) is 0 Å². The van der Waals surface area contributed by atoms with Crippen LogP contribution in [0.1, 0.15) is 37.8 Å². The molecule has 3 heteroatoms. The van der Waals surface area contributed by atoms with Gasteiger partial charge < -0.3 is 10.1 Å². The van der Waals surface area contributed by atoms with Crippen LogP contribution in [-0.2, 0) is 0 Å². The van der Waals surface area contributed by atoms with Gasteiger partial charge in [-0.25, -0.2) is 0 Å². The molecule has 1 N–H and O–H groups in total. The van der Waals surface area contributed by atoms with Gasteiger partial charge in [-0.1, -0.05) is 31.9 Å². The molecule has 0 aromatic heterocycles. The lowest BCUT2D eigenvalue weighted by molar-refractivity contribution is 0.187. The molecule has 1 aromatic rings. The second-order valence-electron chi connectivity index (χ2n) is 4.71. The highest BCUT2D eigenvalue weighted by molar-refractivity contribution is 6.32. The molecule has 0 saturated carbocycles. The number of benzene rings is 1. The van der Waals surface area contributed by atoms with Gasteiger partial charge >= 0.3 is 0 Å². The van der Waals surface area contributed by atoms with Crippen LogP contribution in [0.2, 0.25) is 5.02 Å². The van der Waals surface area contributed by atoms with Crippen LogP contribution in [0, 0.1) is 13.8 Å². The Morgan fingerprint density at radius 1 is 1.22 bits per heavy atom. The van der Waals surface area contributed by atoms with Crippen LogP contribution in [0.3, 0.4) is 0 Å². The molecule has 0 fully saturated rings. The molecule has 1 rings (SSSR count). The SMILES string of the molecule is CCCC(CNCC)Oc1cc(C)c(Cl)c(C)c1. The third-order valence-electron chi connectivity index (χ3n) is 2.95. The molecule has 0 aliphatic heterocycles. The molecule has 0 radical (unpaired) electrons. The summed E-state index contributed by atoms with van der Waals surface area (Å²) in [6.07, 6.45) is 2.42. The molecule has 0 spiro atoms. The van der Waals surface area contributed by atoms with Gasteiger partial charge in [-0.2, -0.15) is 0 Å². The Balaban J connectivity index is 2.73. The van der Waals surface area contributed by atoms with Crippen molar-refractivity contribution in [2.75, 3.05) is 13.1 Å². The predicted octanol–water partition coefficient (Wildman–Crippen LogP) is 4.11. The molecule has 1 unspecified atom stereocenters. The van der Waals surface area contributed by atoms with Crippen molar-refractivity contribution in [2.45, 2.75) is 46.6 Å². The first kappa shape index (κ1) is 15.3. The third kappa shape index (κ3) is 4.51. The summed E-state index contributed by atoms with van der Waals surface area (Å²) in [5.74, 6) is 0.922. The molecular formula is C15H24ClNO. The Labute approximate surface area is 116 Å². The summed E-state index contributed by atoms with van der Waals surface area (Å²) in [6.45, 7) is 10.2. The minimum absolute atomic E-state index is 0.231. The van der Waals surface area contributed by atoms with E-state index in [1.807, 2.05) is 26.0 Å². The highest BCUT2D eigenvalue weighted by Gasteiger charge is 2.10. The molecule has 102 valence electrons. The van der Waals surface area contributed by atoms with E-state index < -0.39 is 0 Å². The number of hydrogen-bond donors (Lipinski definition) is 1. The zero-order chi connectivity index (χ0) is 13.5. The molecule has 0 bridgehead atoms. The van der Waals surface area contributed by atoms with Crippen molar-refractivity contribution in [1.82, 2.24) is 5.32 Å². The zero-order valence-electron chi connectivity index (χ0n) is 11.8. The van der Waals surface area contributed by atoms with Gasteiger partial charge in [0, 0.05) is 11.6 Å². The van der Waals surface area contributed by atoms with Crippen LogP contribution < -0.4 is 10.1 Å². The van der Waals surface area contributed by atoms with E-state index in [-0.39, 0.29) is 6.10 Å². The van der Waals surface area contributed by atoms with Gasteiger partial charge in [-0.05, 0) is 50.1 Å². The largest absolute Gasteiger partial charge is 0.489 e. The first-order chi connectivity index (χ1) is 8.58. The molecule has 0 heterocycles. The molecule has 2 nitrogen and oxygen atoms in total. The summed E-state index contributed by atoms with van der Waals surface area (Å²) in [5, 5.41) is 4.18. The second kappa shape index (κ2) is 7.65. The number of aryl methyl sites for hydroxylation is 2. The number of likely N-dealkylation sites (N-methyl/N-ethyl adjacent to an activating group) is 1. The van der Waals surface area contributed by atoms with E-state index in [4.69, 9.17) is 16.3 Å². The maximum absolute atomic E-state index is 6.16. The topological polar surface area (TPSA) is 21.3 Å². The van der Waals surface area contributed by atoms with Crippen LogP contribution in [-0.4, -0.2) is 19.2 Å². The van der Waals surface area contributed by atoms with Gasteiger partial charge in [0.1, 0.15) is 11.9 Å². The minimum atomic E-state index is 0.231. The summed E-state index contributed by atoms with van der Waals surface area (Å²) in [5.41, 5.74) is 2.15. The predicted molar refractivity (Wildman–Crippen MR) is 78.8 cm³/mol. The highest BCUT2D eigenvalue weighted by Crippen LogP contribution is 2.26. The Kier molecular flexibility index (Phi) is 6.51. The average Bonchev–Trinajstić information content (AvgIpc) is 2.33. The molecule has 0 aliphatic rings. The van der Waals surface area contributed by atoms with Crippen molar-refractivity contribution in [3.8, 4) is 5.75 Å². The highest BCUT2D eigenvalue weighted by atomic mass is 35.5. The van der Waals surface area contributed by atoms with Gasteiger partial charge in [0.05, 0.1) is 0 Å². The molecular weight excluding hydrogens is 246 g/mol. The number of nitrogens with one attached hydrogen (secondary N) is 1. The Morgan fingerprint density at radius 2 is 1.83 bits per heavy atom. The van der Waals surface area contributed by atoms with E-state index in [1.54, 1.807) is 0 Å². The number of hydrogen-bond acceptors (Lipinski definition) is 2. The van der Waals surface area contributed by atoms with Crippen molar-refractivity contribution in [1.29, 1.82) is 0 Å². The van der Waals surface area contributed by atoms with Crippen LogP contribution in [0.4, 0.5) is 0 Å². The van der Waals surface area contributed by atoms with E-state index >= 15 is 0 Å². The van der Waals surface area contributed by atoms with Crippen LogP contribution in [0.25, 0.3) is 0 Å². The van der Waals surface area contributed by atoms with Gasteiger partial charge in [0.15, 0.2) is 0 Å². The van der Waals surface area contributed by atoms with Crippen molar-refractivity contribution >= 4 is 11.6 Å². The summed E-state index contributed by atoms with van der Waals surface area (Å²) in [6, 6.07) is 4.04. The van der Waals surface area contributed by atoms with E-state index in [0.29, 0.717) is 0 Å². The zero-order valence-corrected chi connectivity index (χ0v) is 12.6. The molecule has 18 heavy (non-hydrogen) atoms. The summed E-state index contributed by atoms with van der Waals surface area (Å²) < 4.78 is 6.05. The molecule has 0 aliphatic carbocycles. The van der Waals surface area contributed by atoms with E-state index in [9.17, 15) is 0 Å². The van der Waals surface area contributed by atoms with Gasteiger partial charge in [0.2, 0.25) is 0 Å². The fourth-order valence-electron chi connectivity index (χ4n) is 2.00. The minimum Gasteiger partial charge on any atom is -0.489 e. The second-order valence-corrected chi connectivity index (χ2v) is 5.09. The first-order valence-corrected chi connectivity index (χ1v) is 7.10. The van der Waals surface area contributed by atoms with Crippen molar-refractivity contribution in [3.05, 3.63) is 28.3 Å². The quantitative estimate of drug-likeness (QED) is 0.804. The third-order valence-corrected chi connectivity index (χ3v) is 3.54. The lowest BCUT2D eigenvalue weighted by atomic mass is 10.1. The van der Waals surface area contributed by atoms with Crippen molar-refractivity contribution < 1.29 is 4.74 Å². The monoisotopic (exact) mass is 269 g/mol. The van der Waals surface area contributed by atoms with Gasteiger partial charge in [0.25, 0.3) is 0 Å². The molecule has 1 atom stereocenters. The fourth-order valence-corrected chi connectivity index (χ4v) is 2.11. The number of rotatable bonds is 7. The normalized spacial score (nSPS) is 12.5. The van der Waals surface area contributed by atoms with Crippen molar-refractivity contribution in [3.63, 3.8) is 0 Å². The molecule has 0 amide bonds. The standard InChI is InChI=1S/C15H24ClNO/c1-5-7-13(10-17-6-2)18-14-8-11(3)15(16)12(4)9-14/h8-9,13,17H,5-7,10H2,1-4H3. The lowest BCUT2D eigenvalue weighted by Gasteiger charge is -2.20. The fraction of sp³-hybridized carbons (Fsp3) is 0.600. The smallest absolute Gasteiger partial charge is 0.120 e. The van der Waals surface area contributed by atoms with E-state index in [2.05, 4.69) is 19.2 Å². The molecule has 1 aromatic carbocycles. The lowest BCUT2D eigenvalue weighted by Crippen LogP contribution is -2.31. The van der Waals surface area contributed by atoms with Crippen LogP contribution in [0.5, 0.6) is 5.75 Å². The Morgan fingerprint density at radius 3 is 2.33 bits per heavy atom. The molecule has 0 saturated heterocycles. The Bertz CT molecular complexity index is 356. The Hall–Kier alpha value is -0.730. The van der Waals surface area contributed by atoms with Crippen LogP contribution >= 0.6 is 11.6 Å². The van der Waals surface area contributed by atoms with Crippen LogP contribution in [0.15, 0.2) is 12.1 Å². The summed E-state index contributed by atoms with van der Waals surface area (Å²) in [4.78, 5) is 0. The van der Waals surface area contributed by atoms with Crippen molar-refractivity contribution in [2.24, 2.45) is 0 Å². The summed E-state index contributed by atoms with van der Waals surface area (Å²) in [7, 11) is 0.